The second kappa shape index (κ2) is 15.0. The van der Waals surface area contributed by atoms with E-state index in [-0.39, 0.29) is 23.7 Å². The smallest absolute Gasteiger partial charge is 0.407 e. The average Bonchev–Trinajstić information content (AvgIpc) is 2.99. The molecule has 0 radical (unpaired) electrons. The quantitative estimate of drug-likeness (QED) is 0.173. The molecule has 4 rings (SSSR count). The number of nitrogens with one attached hydrogen (secondary N) is 4. The van der Waals surface area contributed by atoms with Crippen LogP contribution in [0.5, 0.6) is 0 Å². The van der Waals surface area contributed by atoms with Gasteiger partial charge in [-0.05, 0) is 107 Å². The first-order valence-corrected chi connectivity index (χ1v) is 15.8. The fourth-order valence-corrected chi connectivity index (χ4v) is 5.69. The van der Waals surface area contributed by atoms with Crippen molar-refractivity contribution in [2.45, 2.75) is 78.4 Å². The van der Waals surface area contributed by atoms with Gasteiger partial charge < -0.3 is 31.8 Å². The largest absolute Gasteiger partial charge is 0.444 e. The van der Waals surface area contributed by atoms with Gasteiger partial charge in [-0.2, -0.15) is 0 Å². The highest BCUT2D eigenvalue weighted by molar-refractivity contribution is 5.99. The zero-order valence-corrected chi connectivity index (χ0v) is 27.4. The molecule has 0 spiro atoms. The average molecular weight is 627 g/mol. The number of alkyl carbamates (subject to hydrolysis) is 1. The maximum absolute atomic E-state index is 13.7. The molecule has 3 aromatic rings. The highest BCUT2D eigenvalue weighted by Crippen LogP contribution is 2.29. The summed E-state index contributed by atoms with van der Waals surface area (Å²) in [6, 6.07) is 17.8. The van der Waals surface area contributed by atoms with Gasteiger partial charge >= 0.3 is 6.09 Å². The molecule has 2 aromatic carbocycles. The van der Waals surface area contributed by atoms with Crippen molar-refractivity contribution in [1.82, 2.24) is 15.6 Å². The van der Waals surface area contributed by atoms with Crippen molar-refractivity contribution < 1.29 is 19.1 Å². The number of ether oxygens (including phenoxy) is 1. The van der Waals surface area contributed by atoms with E-state index in [2.05, 4.69) is 20.9 Å². The summed E-state index contributed by atoms with van der Waals surface area (Å²) in [7, 11) is 0. The summed E-state index contributed by atoms with van der Waals surface area (Å²) in [6.45, 7) is 9.60. The lowest BCUT2D eigenvalue weighted by Crippen LogP contribution is -2.48. The summed E-state index contributed by atoms with van der Waals surface area (Å²) >= 11 is 0. The van der Waals surface area contributed by atoms with Gasteiger partial charge in [-0.25, -0.2) is 9.78 Å². The maximum atomic E-state index is 13.7. The first kappa shape index (κ1) is 34.1. The molecule has 3 amide bonds. The van der Waals surface area contributed by atoms with Gasteiger partial charge in [-0.3, -0.25) is 9.59 Å². The Kier molecular flexibility index (Phi) is 11.2. The third kappa shape index (κ3) is 9.89. The predicted octanol–water partition coefficient (Wildman–Crippen LogP) is 6.02. The summed E-state index contributed by atoms with van der Waals surface area (Å²) < 4.78 is 5.34. The molecule has 1 heterocycles. The molecule has 1 aliphatic carbocycles. The van der Waals surface area contributed by atoms with Crippen molar-refractivity contribution in [2.24, 2.45) is 11.8 Å². The Morgan fingerprint density at radius 3 is 2.35 bits per heavy atom. The Labute approximate surface area is 271 Å². The van der Waals surface area contributed by atoms with Crippen LogP contribution in [0.1, 0.15) is 70.2 Å². The van der Waals surface area contributed by atoms with E-state index in [0.717, 1.165) is 40.8 Å². The molecule has 0 unspecified atom stereocenters. The van der Waals surface area contributed by atoms with Crippen molar-refractivity contribution >= 4 is 35.1 Å². The van der Waals surface area contributed by atoms with Crippen LogP contribution < -0.4 is 21.7 Å². The number of aryl methyl sites for hydroxylation is 1. The molecular formula is C36H46N6O4. The van der Waals surface area contributed by atoms with Crippen molar-refractivity contribution in [3.8, 4) is 11.1 Å². The van der Waals surface area contributed by atoms with E-state index >= 15 is 0 Å². The Bertz CT molecular complexity index is 1560. The predicted molar refractivity (Wildman–Crippen MR) is 182 cm³/mol. The van der Waals surface area contributed by atoms with E-state index in [9.17, 15) is 14.4 Å². The van der Waals surface area contributed by atoms with Gasteiger partial charge in [-0.1, -0.05) is 36.4 Å². The van der Waals surface area contributed by atoms with E-state index in [1.807, 2.05) is 58.0 Å². The lowest BCUT2D eigenvalue weighted by Gasteiger charge is -2.29. The number of carbonyl (C=O) groups is 3. The highest BCUT2D eigenvalue weighted by atomic mass is 16.6. The van der Waals surface area contributed by atoms with Crippen molar-refractivity contribution in [3.63, 3.8) is 0 Å². The fraction of sp³-hybridized carbons (Fsp3) is 0.417. The van der Waals surface area contributed by atoms with E-state index < -0.39 is 17.7 Å². The molecular weight excluding hydrogens is 580 g/mol. The standard InChI is InChI=1S/C36H46N6O4/c1-22(37)26-13-15-29(16-14-26)41-34(44)31(20-25-7-6-8-28(19-25)30-17-18-32(38)40-23(30)2)42-33(43)27-11-9-24(10-12-27)21-39-35(45)46-36(3,4)5/h6-8,13-19,24,27,31,37H,9-12,20-21H2,1-5H3,(H2,38,40)(H,39,45)(H,41,44)(H,42,43)/t24?,27?,31-/m0/s1. The van der Waals surface area contributed by atoms with Gasteiger partial charge in [0.25, 0.3) is 0 Å². The summed E-state index contributed by atoms with van der Waals surface area (Å²) in [5.41, 5.74) is 10.7. The van der Waals surface area contributed by atoms with Crippen LogP contribution in [0.4, 0.5) is 16.3 Å². The number of hydrogen-bond acceptors (Lipinski definition) is 7. The summed E-state index contributed by atoms with van der Waals surface area (Å²) in [4.78, 5) is 43.6. The highest BCUT2D eigenvalue weighted by Gasteiger charge is 2.30. The number of nitrogens with zero attached hydrogens (tertiary/aromatic N) is 1. The van der Waals surface area contributed by atoms with Crippen LogP contribution in [-0.4, -0.2) is 46.8 Å². The first-order valence-electron chi connectivity index (χ1n) is 15.8. The number of hydrogen-bond donors (Lipinski definition) is 5. The number of benzene rings is 2. The van der Waals surface area contributed by atoms with E-state index in [1.165, 1.54) is 0 Å². The molecule has 0 aliphatic heterocycles. The number of amides is 3. The molecule has 1 saturated carbocycles. The molecule has 1 aromatic heterocycles. The Balaban J connectivity index is 1.45. The van der Waals surface area contributed by atoms with Crippen molar-refractivity contribution in [1.29, 1.82) is 5.41 Å². The molecule has 0 saturated heterocycles. The minimum absolute atomic E-state index is 0.150. The lowest BCUT2D eigenvalue weighted by molar-refractivity contribution is -0.130. The fourth-order valence-electron chi connectivity index (χ4n) is 5.69. The van der Waals surface area contributed by atoms with Crippen LogP contribution in [0, 0.1) is 24.2 Å². The van der Waals surface area contributed by atoms with Gasteiger partial charge in [0, 0.05) is 41.5 Å². The molecule has 6 N–H and O–H groups in total. The monoisotopic (exact) mass is 626 g/mol. The number of nitrogens with two attached hydrogens (primary N) is 1. The van der Waals surface area contributed by atoms with Crippen LogP contribution in [0.2, 0.25) is 0 Å². The number of aromatic nitrogens is 1. The number of rotatable bonds is 10. The van der Waals surface area contributed by atoms with Crippen molar-refractivity contribution in [2.75, 3.05) is 17.6 Å². The normalized spacial score (nSPS) is 17.0. The molecule has 0 bridgehead atoms. The molecule has 10 nitrogen and oxygen atoms in total. The Morgan fingerprint density at radius 1 is 1.02 bits per heavy atom. The molecule has 244 valence electrons. The topological polar surface area (TPSA) is 159 Å². The third-order valence-corrected chi connectivity index (χ3v) is 8.16. The molecule has 10 heteroatoms. The van der Waals surface area contributed by atoms with Crippen molar-refractivity contribution in [3.05, 3.63) is 77.5 Å². The van der Waals surface area contributed by atoms with E-state index in [1.54, 1.807) is 37.3 Å². The third-order valence-electron chi connectivity index (χ3n) is 8.16. The molecule has 1 fully saturated rings. The molecule has 1 aliphatic rings. The van der Waals surface area contributed by atoms with Crippen LogP contribution in [0.15, 0.2) is 60.7 Å². The van der Waals surface area contributed by atoms with Gasteiger partial charge in [0.15, 0.2) is 0 Å². The summed E-state index contributed by atoms with van der Waals surface area (Å²) in [5, 5.41) is 16.7. The Hall–Kier alpha value is -4.73. The maximum Gasteiger partial charge on any atom is 0.407 e. The Morgan fingerprint density at radius 2 is 1.72 bits per heavy atom. The van der Waals surface area contributed by atoms with Gasteiger partial charge in [0.2, 0.25) is 11.8 Å². The minimum atomic E-state index is -0.816. The number of carbonyl (C=O) groups excluding carboxylic acids is 3. The zero-order valence-electron chi connectivity index (χ0n) is 27.4. The number of pyridine rings is 1. The van der Waals surface area contributed by atoms with Crippen LogP contribution in [-0.2, 0) is 20.7 Å². The second-order valence-corrected chi connectivity index (χ2v) is 13.1. The summed E-state index contributed by atoms with van der Waals surface area (Å²) in [5.74, 6) is 0.0193. The summed E-state index contributed by atoms with van der Waals surface area (Å²) in [6.07, 6.45) is 2.78. The number of nitrogen functional groups attached to an aromatic ring is 1. The van der Waals surface area contributed by atoms with Crippen LogP contribution in [0.25, 0.3) is 11.1 Å². The van der Waals surface area contributed by atoms with Gasteiger partial charge in [-0.15, -0.1) is 0 Å². The minimum Gasteiger partial charge on any atom is -0.444 e. The first-order chi connectivity index (χ1) is 21.8. The SMILES string of the molecule is CC(=N)c1ccc(NC(=O)[C@H](Cc2cccc(-c3ccc(N)nc3C)c2)NC(=O)C2CCC(CNC(=O)OC(C)(C)C)CC2)cc1. The van der Waals surface area contributed by atoms with Crippen LogP contribution >= 0.6 is 0 Å². The molecule has 46 heavy (non-hydrogen) atoms. The van der Waals surface area contributed by atoms with E-state index in [4.69, 9.17) is 15.9 Å². The zero-order chi connectivity index (χ0) is 33.4. The van der Waals surface area contributed by atoms with Crippen LogP contribution in [0.3, 0.4) is 0 Å². The van der Waals surface area contributed by atoms with Gasteiger partial charge in [0.1, 0.15) is 17.5 Å². The molecule has 1 atom stereocenters. The second-order valence-electron chi connectivity index (χ2n) is 13.1. The van der Waals surface area contributed by atoms with E-state index in [0.29, 0.717) is 43.0 Å². The van der Waals surface area contributed by atoms with Gasteiger partial charge in [0.05, 0.1) is 0 Å². The lowest BCUT2D eigenvalue weighted by atomic mass is 9.81. The number of anilines is 2.